The van der Waals surface area contributed by atoms with Gasteiger partial charge in [-0.1, -0.05) is 73.0 Å². The van der Waals surface area contributed by atoms with Crippen LogP contribution in [-0.2, 0) is 32.6 Å². The molecule has 1 N–H and O–H groups in total. The molecule has 0 heterocycles. The van der Waals surface area contributed by atoms with Crippen molar-refractivity contribution in [2.45, 2.75) is 50.7 Å². The third-order valence-electron chi connectivity index (χ3n) is 7.31. The number of amides is 2. The number of rotatable bonds is 12. The maximum Gasteiger partial charge on any atom is 0.244 e. The molecule has 2 amide bonds. The zero-order valence-corrected chi connectivity index (χ0v) is 24.9. The molecule has 1 fully saturated rings. The molecule has 0 unspecified atom stereocenters. The van der Waals surface area contributed by atoms with Crippen molar-refractivity contribution in [2.24, 2.45) is 0 Å². The van der Waals surface area contributed by atoms with Gasteiger partial charge in [0.2, 0.25) is 21.8 Å². The highest BCUT2D eigenvalue weighted by molar-refractivity contribution is 7.92. The normalized spacial score (nSPS) is 14.3. The Labute approximate surface area is 247 Å². The fourth-order valence-corrected chi connectivity index (χ4v) is 6.14. The molecule has 0 aliphatic heterocycles. The molecule has 8 nitrogen and oxygen atoms in total. The smallest absolute Gasteiger partial charge is 0.244 e. The summed E-state index contributed by atoms with van der Waals surface area (Å²) in [5.74, 6) is -0.231. The second-order valence-corrected chi connectivity index (χ2v) is 12.6. The number of benzene rings is 3. The van der Waals surface area contributed by atoms with Crippen LogP contribution in [-0.4, -0.2) is 57.1 Å². The van der Waals surface area contributed by atoms with Gasteiger partial charge in [-0.3, -0.25) is 13.9 Å². The van der Waals surface area contributed by atoms with Gasteiger partial charge in [0.1, 0.15) is 18.3 Å². The van der Waals surface area contributed by atoms with Crippen molar-refractivity contribution in [1.82, 2.24) is 10.2 Å². The summed E-state index contributed by atoms with van der Waals surface area (Å²) in [6.07, 6.45) is 5.18. The van der Waals surface area contributed by atoms with Crippen LogP contribution in [0.4, 0.5) is 5.69 Å². The van der Waals surface area contributed by atoms with E-state index in [1.807, 2.05) is 36.4 Å². The lowest BCUT2D eigenvalue weighted by Gasteiger charge is -2.34. The van der Waals surface area contributed by atoms with E-state index in [4.69, 9.17) is 16.3 Å². The molecular formula is C31H36ClN3O5S. The fourth-order valence-electron chi connectivity index (χ4n) is 5.09. The lowest BCUT2D eigenvalue weighted by molar-refractivity contribution is -0.140. The van der Waals surface area contributed by atoms with Crippen molar-refractivity contribution in [3.05, 3.63) is 95.0 Å². The van der Waals surface area contributed by atoms with Crippen molar-refractivity contribution in [3.63, 3.8) is 0 Å². The first kappa shape index (κ1) is 30.4. The SMILES string of the molecule is COc1ccc(N(CC(=O)N(Cc2ccccc2Cl)[C@H](Cc2ccccc2)C(=O)NC2CCCC2)S(C)(=O)=O)cc1. The number of ether oxygens (including phenoxy) is 1. The minimum Gasteiger partial charge on any atom is -0.497 e. The summed E-state index contributed by atoms with van der Waals surface area (Å²) in [5.41, 5.74) is 1.85. The van der Waals surface area contributed by atoms with E-state index in [9.17, 15) is 18.0 Å². The number of nitrogens with zero attached hydrogens (tertiary/aromatic N) is 2. The van der Waals surface area contributed by atoms with Crippen LogP contribution >= 0.6 is 11.6 Å². The Morgan fingerprint density at radius 2 is 1.61 bits per heavy atom. The van der Waals surface area contributed by atoms with Gasteiger partial charge in [0.15, 0.2) is 0 Å². The Balaban J connectivity index is 1.72. The van der Waals surface area contributed by atoms with E-state index in [0.717, 1.165) is 41.8 Å². The van der Waals surface area contributed by atoms with Crippen LogP contribution < -0.4 is 14.4 Å². The molecule has 0 spiro atoms. The topological polar surface area (TPSA) is 96.0 Å². The van der Waals surface area contributed by atoms with E-state index >= 15 is 0 Å². The number of halogens is 1. The first-order chi connectivity index (χ1) is 19.7. The van der Waals surface area contributed by atoms with Crippen molar-refractivity contribution in [3.8, 4) is 5.75 Å². The van der Waals surface area contributed by atoms with Crippen LogP contribution in [0.1, 0.15) is 36.8 Å². The van der Waals surface area contributed by atoms with Crippen molar-refractivity contribution in [1.29, 1.82) is 0 Å². The average molecular weight is 598 g/mol. The maximum absolute atomic E-state index is 14.2. The van der Waals surface area contributed by atoms with E-state index in [0.29, 0.717) is 22.0 Å². The number of hydrogen-bond acceptors (Lipinski definition) is 5. The van der Waals surface area contributed by atoms with Crippen molar-refractivity contribution in [2.75, 3.05) is 24.2 Å². The van der Waals surface area contributed by atoms with Gasteiger partial charge >= 0.3 is 0 Å². The van der Waals surface area contributed by atoms with Crippen molar-refractivity contribution >= 4 is 39.1 Å². The molecular weight excluding hydrogens is 562 g/mol. The minimum atomic E-state index is -3.85. The summed E-state index contributed by atoms with van der Waals surface area (Å²) in [7, 11) is -2.34. The largest absolute Gasteiger partial charge is 0.497 e. The van der Waals surface area contributed by atoms with Crippen molar-refractivity contribution < 1.29 is 22.7 Å². The predicted octanol–water partition coefficient (Wildman–Crippen LogP) is 4.81. The molecule has 1 saturated carbocycles. The highest BCUT2D eigenvalue weighted by Crippen LogP contribution is 2.25. The van der Waals surface area contributed by atoms with Gasteiger partial charge in [-0.15, -0.1) is 0 Å². The number of anilines is 1. The Hall–Kier alpha value is -3.56. The summed E-state index contributed by atoms with van der Waals surface area (Å²) in [6.45, 7) is -0.452. The van der Waals surface area contributed by atoms with Gasteiger partial charge in [-0.25, -0.2) is 8.42 Å². The standard InChI is InChI=1S/C31H36ClN3O5S/c1-40-27-18-16-26(17-19-27)35(41(2,38)39)22-30(36)34(21-24-12-6-9-15-28(24)32)29(20-23-10-4-3-5-11-23)31(37)33-25-13-7-8-14-25/h3-6,9-12,15-19,25,29H,7-8,13-14,20-22H2,1-2H3,(H,33,37)/t29-/m1/s1. The van der Waals surface area contributed by atoms with E-state index in [1.54, 1.807) is 42.5 Å². The maximum atomic E-state index is 14.2. The van der Waals surface area contributed by atoms with Crippen LogP contribution in [0.3, 0.4) is 0 Å². The monoisotopic (exact) mass is 597 g/mol. The Morgan fingerprint density at radius 3 is 2.22 bits per heavy atom. The molecule has 41 heavy (non-hydrogen) atoms. The van der Waals surface area contributed by atoms with Gasteiger partial charge < -0.3 is 15.0 Å². The highest BCUT2D eigenvalue weighted by atomic mass is 35.5. The van der Waals surface area contributed by atoms with Crippen LogP contribution in [0.5, 0.6) is 5.75 Å². The molecule has 3 aromatic rings. The van der Waals surface area contributed by atoms with Gasteiger partial charge in [0.05, 0.1) is 19.1 Å². The second kappa shape index (κ2) is 13.9. The average Bonchev–Trinajstić information content (AvgIpc) is 3.47. The summed E-state index contributed by atoms with van der Waals surface area (Å²) in [4.78, 5) is 29.5. The number of hydrogen-bond donors (Lipinski definition) is 1. The third kappa shape index (κ3) is 8.24. The molecule has 4 rings (SSSR count). The van der Waals surface area contributed by atoms with Crippen LogP contribution in [0.15, 0.2) is 78.9 Å². The van der Waals surface area contributed by atoms with Crippen LogP contribution in [0.2, 0.25) is 5.02 Å². The lowest BCUT2D eigenvalue weighted by atomic mass is 10.0. The summed E-state index contributed by atoms with van der Waals surface area (Å²) in [5, 5.41) is 3.61. The fraction of sp³-hybridized carbons (Fsp3) is 0.355. The van der Waals surface area contributed by atoms with Gasteiger partial charge in [0.25, 0.3) is 0 Å². The summed E-state index contributed by atoms with van der Waals surface area (Å²) in [6, 6.07) is 22.2. The molecule has 10 heteroatoms. The molecule has 0 radical (unpaired) electrons. The quantitative estimate of drug-likeness (QED) is 0.323. The number of nitrogens with one attached hydrogen (secondary N) is 1. The molecule has 218 valence electrons. The number of carbonyl (C=O) groups excluding carboxylic acids is 2. The Morgan fingerprint density at radius 1 is 0.976 bits per heavy atom. The lowest BCUT2D eigenvalue weighted by Crippen LogP contribution is -2.54. The van der Waals surface area contributed by atoms with E-state index < -0.39 is 28.5 Å². The summed E-state index contributed by atoms with van der Waals surface area (Å²) >= 11 is 6.50. The number of sulfonamides is 1. The highest BCUT2D eigenvalue weighted by Gasteiger charge is 2.34. The van der Waals surface area contributed by atoms with Gasteiger partial charge in [-0.05, 0) is 54.3 Å². The zero-order chi connectivity index (χ0) is 29.4. The molecule has 1 aliphatic carbocycles. The molecule has 1 atom stereocenters. The Kier molecular flexibility index (Phi) is 10.3. The third-order valence-corrected chi connectivity index (χ3v) is 8.82. The van der Waals surface area contributed by atoms with E-state index in [-0.39, 0.29) is 24.9 Å². The molecule has 0 saturated heterocycles. The number of methoxy groups -OCH3 is 1. The molecule has 0 aromatic heterocycles. The summed E-state index contributed by atoms with van der Waals surface area (Å²) < 4.78 is 32.1. The number of carbonyl (C=O) groups is 2. The van der Waals surface area contributed by atoms with Crippen LogP contribution in [0.25, 0.3) is 0 Å². The zero-order valence-electron chi connectivity index (χ0n) is 23.3. The predicted molar refractivity (Wildman–Crippen MR) is 162 cm³/mol. The van der Waals surface area contributed by atoms with E-state index in [1.165, 1.54) is 12.0 Å². The minimum absolute atomic E-state index is 0.0360. The van der Waals surface area contributed by atoms with Gasteiger partial charge in [0, 0.05) is 24.0 Å². The van der Waals surface area contributed by atoms with Gasteiger partial charge in [-0.2, -0.15) is 0 Å². The molecule has 3 aromatic carbocycles. The first-order valence-electron chi connectivity index (χ1n) is 13.6. The molecule has 0 bridgehead atoms. The van der Waals surface area contributed by atoms with Crippen LogP contribution in [0, 0.1) is 0 Å². The Bertz CT molecular complexity index is 1430. The van der Waals surface area contributed by atoms with E-state index in [2.05, 4.69) is 5.32 Å². The molecule has 1 aliphatic rings. The first-order valence-corrected chi connectivity index (χ1v) is 15.9. The second-order valence-electron chi connectivity index (χ2n) is 10.3.